The van der Waals surface area contributed by atoms with Crippen molar-refractivity contribution < 1.29 is 17.9 Å². The van der Waals surface area contributed by atoms with Crippen LogP contribution in [-0.4, -0.2) is 38.8 Å². The third-order valence-electron chi connectivity index (χ3n) is 6.55. The molecule has 0 saturated carbocycles. The number of anilines is 1. The number of amides is 1. The molecular formula is C30H31ClN4O4S. The van der Waals surface area contributed by atoms with Crippen molar-refractivity contribution in [3.8, 4) is 11.4 Å². The van der Waals surface area contributed by atoms with E-state index in [9.17, 15) is 13.2 Å². The van der Waals surface area contributed by atoms with E-state index in [1.54, 1.807) is 36.5 Å². The molecule has 0 atom stereocenters. The molecule has 0 aliphatic rings. The molecule has 0 radical (unpaired) electrons. The molecule has 1 amide bonds. The highest BCUT2D eigenvalue weighted by Gasteiger charge is 2.29. The fraction of sp³-hybridized carbons (Fsp3) is 0.200. The molecule has 40 heavy (non-hydrogen) atoms. The van der Waals surface area contributed by atoms with Gasteiger partial charge >= 0.3 is 0 Å². The normalized spacial score (nSPS) is 11.6. The summed E-state index contributed by atoms with van der Waals surface area (Å²) in [5.41, 5.74) is 8.82. The van der Waals surface area contributed by atoms with Crippen LogP contribution in [-0.2, 0) is 14.8 Å². The van der Waals surface area contributed by atoms with E-state index in [1.807, 2.05) is 26.0 Å². The van der Waals surface area contributed by atoms with Gasteiger partial charge in [0, 0.05) is 22.0 Å². The zero-order chi connectivity index (χ0) is 29.0. The minimum absolute atomic E-state index is 0.0206. The molecule has 0 aliphatic heterocycles. The van der Waals surface area contributed by atoms with Gasteiger partial charge in [-0.2, -0.15) is 5.10 Å². The Morgan fingerprint density at radius 1 is 1.00 bits per heavy atom. The topological polar surface area (TPSA) is 93.0 Å². The summed E-state index contributed by atoms with van der Waals surface area (Å²) < 4.78 is 35.8. The van der Waals surface area contributed by atoms with Crippen molar-refractivity contribution >= 4 is 39.4 Å². The quantitative estimate of drug-likeness (QED) is 0.203. The first-order valence-electron chi connectivity index (χ1n) is 12.5. The molecule has 8 nitrogen and oxygen atoms in total. The number of rotatable bonds is 9. The summed E-state index contributed by atoms with van der Waals surface area (Å²) in [6, 6.07) is 20.6. The second-order valence-corrected chi connectivity index (χ2v) is 11.6. The maximum Gasteiger partial charge on any atom is 0.264 e. The lowest BCUT2D eigenvalue weighted by Crippen LogP contribution is -2.39. The van der Waals surface area contributed by atoms with E-state index < -0.39 is 22.5 Å². The molecule has 4 rings (SSSR count). The van der Waals surface area contributed by atoms with Gasteiger partial charge in [-0.15, -0.1) is 0 Å². The second-order valence-electron chi connectivity index (χ2n) is 9.34. The molecule has 0 saturated heterocycles. The van der Waals surface area contributed by atoms with E-state index in [2.05, 4.69) is 41.1 Å². The Kier molecular flexibility index (Phi) is 8.66. The van der Waals surface area contributed by atoms with Crippen molar-refractivity contribution in [1.82, 2.24) is 9.99 Å². The molecule has 0 unspecified atom stereocenters. The maximum absolute atomic E-state index is 13.6. The molecule has 1 heterocycles. The monoisotopic (exact) mass is 578 g/mol. The van der Waals surface area contributed by atoms with E-state index in [4.69, 9.17) is 16.3 Å². The van der Waals surface area contributed by atoms with Gasteiger partial charge in [0.2, 0.25) is 0 Å². The predicted molar refractivity (Wildman–Crippen MR) is 159 cm³/mol. The molecule has 3 aromatic carbocycles. The fourth-order valence-corrected chi connectivity index (χ4v) is 6.25. The van der Waals surface area contributed by atoms with Gasteiger partial charge in [-0.3, -0.25) is 9.10 Å². The van der Waals surface area contributed by atoms with Gasteiger partial charge < -0.3 is 9.30 Å². The first kappa shape index (κ1) is 28.9. The van der Waals surface area contributed by atoms with Gasteiger partial charge in [0.05, 0.1) is 29.6 Å². The van der Waals surface area contributed by atoms with Crippen LogP contribution in [0, 0.1) is 27.7 Å². The van der Waals surface area contributed by atoms with Crippen LogP contribution in [0.2, 0.25) is 5.02 Å². The summed E-state index contributed by atoms with van der Waals surface area (Å²) in [7, 11) is -2.73. The van der Waals surface area contributed by atoms with Crippen molar-refractivity contribution in [1.29, 1.82) is 0 Å². The number of nitrogens with one attached hydrogen (secondary N) is 1. The lowest BCUT2D eigenvalue weighted by atomic mass is 10.1. The van der Waals surface area contributed by atoms with Crippen LogP contribution in [0.5, 0.6) is 5.75 Å². The number of halogens is 1. The minimum atomic E-state index is -4.14. The number of para-hydroxylation sites is 1. The molecule has 1 N–H and O–H groups in total. The van der Waals surface area contributed by atoms with E-state index >= 15 is 0 Å². The molecule has 208 valence electrons. The summed E-state index contributed by atoms with van der Waals surface area (Å²) in [5, 5.41) is 4.43. The Balaban J connectivity index is 1.61. The standard InChI is InChI=1S/C30H31ClN4O4S/c1-20-10-9-11-21(2)30(20)35-22(3)16-24(23(35)4)18-32-33-29(36)19-34(27-17-25(31)14-15-28(27)39-5)40(37,38)26-12-7-6-8-13-26/h6-18H,19H2,1-5H3,(H,33,36)/b32-18-. The number of ether oxygens (including phenoxy) is 1. The molecule has 0 bridgehead atoms. The van der Waals surface area contributed by atoms with Crippen LogP contribution < -0.4 is 14.5 Å². The summed E-state index contributed by atoms with van der Waals surface area (Å²) in [4.78, 5) is 13.1. The van der Waals surface area contributed by atoms with Gasteiger partial charge in [-0.1, -0.05) is 48.0 Å². The Hall–Kier alpha value is -4.08. The van der Waals surface area contributed by atoms with Crippen molar-refractivity contribution in [2.24, 2.45) is 5.10 Å². The zero-order valence-corrected chi connectivity index (χ0v) is 24.5. The number of aryl methyl sites for hydroxylation is 3. The number of sulfonamides is 1. The Bertz CT molecular complexity index is 1660. The van der Waals surface area contributed by atoms with E-state index in [-0.39, 0.29) is 16.3 Å². The van der Waals surface area contributed by atoms with E-state index in [0.717, 1.165) is 38.1 Å². The highest BCUT2D eigenvalue weighted by atomic mass is 35.5. The molecule has 0 spiro atoms. The number of hydrogen-bond acceptors (Lipinski definition) is 5. The Morgan fingerprint density at radius 2 is 1.68 bits per heavy atom. The van der Waals surface area contributed by atoms with E-state index in [1.165, 1.54) is 25.3 Å². The van der Waals surface area contributed by atoms with Crippen LogP contribution in [0.3, 0.4) is 0 Å². The summed E-state index contributed by atoms with van der Waals surface area (Å²) in [5.74, 6) is -0.388. The van der Waals surface area contributed by atoms with Gasteiger partial charge in [-0.05, 0) is 75.2 Å². The number of carbonyl (C=O) groups is 1. The second kappa shape index (κ2) is 12.0. The van der Waals surface area contributed by atoms with Crippen molar-refractivity contribution in [2.75, 3.05) is 18.0 Å². The zero-order valence-electron chi connectivity index (χ0n) is 23.0. The van der Waals surface area contributed by atoms with Crippen molar-refractivity contribution in [3.63, 3.8) is 0 Å². The maximum atomic E-state index is 13.6. The number of aromatic nitrogens is 1. The lowest BCUT2D eigenvalue weighted by molar-refractivity contribution is -0.119. The number of benzene rings is 3. The van der Waals surface area contributed by atoms with Crippen LogP contribution in [0.4, 0.5) is 5.69 Å². The molecule has 4 aromatic rings. The Morgan fingerprint density at radius 3 is 2.33 bits per heavy atom. The Labute approximate surface area is 239 Å². The van der Waals surface area contributed by atoms with Gasteiger partial charge in [0.1, 0.15) is 12.3 Å². The molecule has 1 aromatic heterocycles. The molecular weight excluding hydrogens is 548 g/mol. The highest BCUT2D eigenvalue weighted by molar-refractivity contribution is 7.92. The molecule has 0 aliphatic carbocycles. The average Bonchev–Trinajstić information content (AvgIpc) is 3.20. The number of hydrogen-bond donors (Lipinski definition) is 1. The van der Waals surface area contributed by atoms with Crippen LogP contribution in [0.25, 0.3) is 5.69 Å². The fourth-order valence-electron chi connectivity index (χ4n) is 4.64. The number of hydrazone groups is 1. The highest BCUT2D eigenvalue weighted by Crippen LogP contribution is 2.34. The lowest BCUT2D eigenvalue weighted by Gasteiger charge is -2.25. The van der Waals surface area contributed by atoms with Crippen LogP contribution in [0.15, 0.2) is 82.8 Å². The molecule has 10 heteroatoms. The third kappa shape index (κ3) is 5.90. The van der Waals surface area contributed by atoms with Crippen LogP contribution in [0.1, 0.15) is 28.1 Å². The predicted octanol–water partition coefficient (Wildman–Crippen LogP) is 5.72. The SMILES string of the molecule is COc1ccc(Cl)cc1N(CC(=O)N/N=C\c1cc(C)n(-c2c(C)cccc2C)c1C)S(=O)(=O)c1ccccc1. The van der Waals surface area contributed by atoms with E-state index in [0.29, 0.717) is 5.02 Å². The summed E-state index contributed by atoms with van der Waals surface area (Å²) >= 11 is 6.19. The third-order valence-corrected chi connectivity index (χ3v) is 8.56. The summed E-state index contributed by atoms with van der Waals surface area (Å²) in [6.07, 6.45) is 1.56. The minimum Gasteiger partial charge on any atom is -0.495 e. The summed E-state index contributed by atoms with van der Waals surface area (Å²) in [6.45, 7) is 7.59. The first-order chi connectivity index (χ1) is 19.0. The number of methoxy groups -OCH3 is 1. The number of nitrogens with zero attached hydrogens (tertiary/aromatic N) is 3. The van der Waals surface area contributed by atoms with Gasteiger partial charge in [-0.25, -0.2) is 13.8 Å². The molecule has 0 fully saturated rings. The number of carbonyl (C=O) groups excluding carboxylic acids is 1. The first-order valence-corrected chi connectivity index (χ1v) is 14.3. The van der Waals surface area contributed by atoms with Crippen molar-refractivity contribution in [3.05, 3.63) is 106 Å². The van der Waals surface area contributed by atoms with Crippen LogP contribution >= 0.6 is 11.6 Å². The largest absolute Gasteiger partial charge is 0.495 e. The van der Waals surface area contributed by atoms with Gasteiger partial charge in [0.15, 0.2) is 0 Å². The van der Waals surface area contributed by atoms with Crippen molar-refractivity contribution in [2.45, 2.75) is 32.6 Å². The van der Waals surface area contributed by atoms with Gasteiger partial charge in [0.25, 0.3) is 15.9 Å². The average molecular weight is 579 g/mol. The smallest absolute Gasteiger partial charge is 0.264 e.